The molecular formula is C21H24ClN3O3. The van der Waals surface area contributed by atoms with E-state index in [0.29, 0.717) is 16.1 Å². The zero-order chi connectivity index (χ0) is 20.7. The average molecular weight is 402 g/mol. The van der Waals surface area contributed by atoms with E-state index in [1.54, 1.807) is 49.5 Å². The summed E-state index contributed by atoms with van der Waals surface area (Å²) >= 11 is 5.84. The summed E-state index contributed by atoms with van der Waals surface area (Å²) in [5.74, 6) is -0.924. The maximum absolute atomic E-state index is 12.6. The minimum absolute atomic E-state index is 0.103. The lowest BCUT2D eigenvalue weighted by atomic mass is 10.0. The molecule has 0 aliphatic carbocycles. The molecule has 6 nitrogen and oxygen atoms in total. The van der Waals surface area contributed by atoms with Crippen LogP contribution in [0.15, 0.2) is 48.5 Å². The van der Waals surface area contributed by atoms with E-state index in [1.807, 2.05) is 19.9 Å². The highest BCUT2D eigenvalue weighted by Crippen LogP contribution is 2.11. The van der Waals surface area contributed by atoms with E-state index in [2.05, 4.69) is 16.0 Å². The number of benzene rings is 2. The monoisotopic (exact) mass is 401 g/mol. The van der Waals surface area contributed by atoms with E-state index < -0.39 is 6.04 Å². The van der Waals surface area contributed by atoms with E-state index >= 15 is 0 Å². The minimum atomic E-state index is -0.690. The van der Waals surface area contributed by atoms with E-state index in [-0.39, 0.29) is 30.2 Å². The second-order valence-corrected chi connectivity index (χ2v) is 7.14. The Labute approximate surface area is 169 Å². The molecule has 0 saturated heterocycles. The number of halogens is 1. The third-order valence-corrected chi connectivity index (χ3v) is 4.48. The fourth-order valence-electron chi connectivity index (χ4n) is 2.63. The first-order chi connectivity index (χ1) is 13.3. The standard InChI is InChI=1S/C21H24ClN3O3/c1-13(2)18(25-20(27)15-7-9-17(22)10-8-15)21(28)24-12-14-5-4-6-16(11-14)19(26)23-3/h4-11,13,18H,12H2,1-3H3,(H,23,26)(H,24,28)(H,25,27). The van der Waals surface area contributed by atoms with Gasteiger partial charge in [0.25, 0.3) is 11.8 Å². The summed E-state index contributed by atoms with van der Waals surface area (Å²) in [5.41, 5.74) is 1.74. The van der Waals surface area contributed by atoms with Gasteiger partial charge in [0.2, 0.25) is 5.91 Å². The van der Waals surface area contributed by atoms with Gasteiger partial charge < -0.3 is 16.0 Å². The third kappa shape index (κ3) is 5.82. The van der Waals surface area contributed by atoms with E-state index in [9.17, 15) is 14.4 Å². The summed E-state index contributed by atoms with van der Waals surface area (Å²) in [4.78, 5) is 36.8. The molecule has 0 aliphatic heterocycles. The quantitative estimate of drug-likeness (QED) is 0.666. The van der Waals surface area contributed by atoms with Crippen LogP contribution in [0.3, 0.4) is 0 Å². The number of nitrogens with one attached hydrogen (secondary N) is 3. The van der Waals surface area contributed by atoms with Crippen LogP contribution < -0.4 is 16.0 Å². The van der Waals surface area contributed by atoms with Gasteiger partial charge in [-0.1, -0.05) is 37.6 Å². The lowest BCUT2D eigenvalue weighted by molar-refractivity contribution is -0.124. The SMILES string of the molecule is CNC(=O)c1cccc(CNC(=O)C(NC(=O)c2ccc(Cl)cc2)C(C)C)c1. The lowest BCUT2D eigenvalue weighted by Crippen LogP contribution is -2.49. The molecule has 2 rings (SSSR count). The molecular weight excluding hydrogens is 378 g/mol. The highest BCUT2D eigenvalue weighted by Gasteiger charge is 2.24. The number of hydrogen-bond donors (Lipinski definition) is 3. The van der Waals surface area contributed by atoms with Crippen molar-refractivity contribution in [2.24, 2.45) is 5.92 Å². The Balaban J connectivity index is 2.02. The van der Waals surface area contributed by atoms with Gasteiger partial charge in [0.05, 0.1) is 0 Å². The van der Waals surface area contributed by atoms with Crippen molar-refractivity contribution in [2.45, 2.75) is 26.4 Å². The van der Waals surface area contributed by atoms with Crippen LogP contribution in [-0.4, -0.2) is 30.8 Å². The minimum Gasteiger partial charge on any atom is -0.355 e. The van der Waals surface area contributed by atoms with Gasteiger partial charge in [-0.25, -0.2) is 0 Å². The van der Waals surface area contributed by atoms with Crippen LogP contribution in [0.5, 0.6) is 0 Å². The summed E-state index contributed by atoms with van der Waals surface area (Å²) in [6.07, 6.45) is 0. The van der Waals surface area contributed by atoms with E-state index in [0.717, 1.165) is 5.56 Å². The van der Waals surface area contributed by atoms with Crippen LogP contribution in [0.1, 0.15) is 40.1 Å². The number of amides is 3. The molecule has 0 aromatic heterocycles. The number of hydrogen-bond acceptors (Lipinski definition) is 3. The number of rotatable bonds is 7. The summed E-state index contributed by atoms with van der Waals surface area (Å²) in [6, 6.07) is 12.8. The van der Waals surface area contributed by atoms with Gasteiger partial charge in [0, 0.05) is 29.7 Å². The molecule has 0 heterocycles. The molecule has 0 saturated carbocycles. The first-order valence-electron chi connectivity index (χ1n) is 8.97. The topological polar surface area (TPSA) is 87.3 Å². The maximum atomic E-state index is 12.6. The highest BCUT2D eigenvalue weighted by molar-refractivity contribution is 6.30. The molecule has 2 aromatic rings. The van der Waals surface area contributed by atoms with Crippen LogP contribution in [0.2, 0.25) is 5.02 Å². The molecule has 0 bridgehead atoms. The van der Waals surface area contributed by atoms with Gasteiger partial charge in [-0.15, -0.1) is 0 Å². The Kier molecular flexibility index (Phi) is 7.58. The Morgan fingerprint density at radius 1 is 0.964 bits per heavy atom. The second-order valence-electron chi connectivity index (χ2n) is 6.70. The molecule has 3 N–H and O–H groups in total. The normalized spacial score (nSPS) is 11.6. The van der Waals surface area contributed by atoms with Crippen molar-refractivity contribution in [2.75, 3.05) is 7.05 Å². The number of carbonyl (C=O) groups excluding carboxylic acids is 3. The Morgan fingerprint density at radius 3 is 2.25 bits per heavy atom. The van der Waals surface area contributed by atoms with Gasteiger partial charge in [-0.3, -0.25) is 14.4 Å². The van der Waals surface area contributed by atoms with Crippen molar-refractivity contribution in [3.8, 4) is 0 Å². The van der Waals surface area contributed by atoms with Crippen molar-refractivity contribution in [3.05, 3.63) is 70.2 Å². The Morgan fingerprint density at radius 2 is 1.64 bits per heavy atom. The Hall–Kier alpha value is -2.86. The molecule has 28 heavy (non-hydrogen) atoms. The fourth-order valence-corrected chi connectivity index (χ4v) is 2.75. The summed E-state index contributed by atoms with van der Waals surface area (Å²) in [7, 11) is 1.56. The molecule has 2 aromatic carbocycles. The molecule has 0 aliphatic rings. The first-order valence-corrected chi connectivity index (χ1v) is 9.34. The average Bonchev–Trinajstić information content (AvgIpc) is 2.69. The molecule has 148 valence electrons. The van der Waals surface area contributed by atoms with Crippen molar-refractivity contribution >= 4 is 29.3 Å². The number of carbonyl (C=O) groups is 3. The van der Waals surface area contributed by atoms with Gasteiger partial charge in [-0.2, -0.15) is 0 Å². The lowest BCUT2D eigenvalue weighted by Gasteiger charge is -2.22. The largest absolute Gasteiger partial charge is 0.355 e. The second kappa shape index (κ2) is 9.90. The van der Waals surface area contributed by atoms with Crippen molar-refractivity contribution in [1.82, 2.24) is 16.0 Å². The van der Waals surface area contributed by atoms with Gasteiger partial charge in [0.1, 0.15) is 6.04 Å². The van der Waals surface area contributed by atoms with Crippen LogP contribution >= 0.6 is 11.6 Å². The summed E-state index contributed by atoms with van der Waals surface area (Å²) < 4.78 is 0. The van der Waals surface area contributed by atoms with Crippen LogP contribution in [0.25, 0.3) is 0 Å². The van der Waals surface area contributed by atoms with Crippen LogP contribution in [0, 0.1) is 5.92 Å². The van der Waals surface area contributed by atoms with Crippen molar-refractivity contribution < 1.29 is 14.4 Å². The molecule has 3 amide bonds. The first kappa shape index (κ1) is 21.4. The molecule has 0 fully saturated rings. The zero-order valence-corrected chi connectivity index (χ0v) is 16.8. The smallest absolute Gasteiger partial charge is 0.251 e. The molecule has 0 radical (unpaired) electrons. The Bertz CT molecular complexity index is 850. The van der Waals surface area contributed by atoms with Crippen molar-refractivity contribution in [1.29, 1.82) is 0 Å². The van der Waals surface area contributed by atoms with Crippen LogP contribution in [-0.2, 0) is 11.3 Å². The van der Waals surface area contributed by atoms with Crippen molar-refractivity contribution in [3.63, 3.8) is 0 Å². The predicted molar refractivity (Wildman–Crippen MR) is 109 cm³/mol. The molecule has 1 atom stereocenters. The molecule has 1 unspecified atom stereocenters. The predicted octanol–water partition coefficient (Wildman–Crippen LogP) is 2.77. The zero-order valence-electron chi connectivity index (χ0n) is 16.1. The van der Waals surface area contributed by atoms with Gasteiger partial charge in [-0.05, 0) is 47.9 Å². The van der Waals surface area contributed by atoms with Crippen LogP contribution in [0.4, 0.5) is 0 Å². The maximum Gasteiger partial charge on any atom is 0.251 e. The van der Waals surface area contributed by atoms with Gasteiger partial charge in [0.15, 0.2) is 0 Å². The summed E-state index contributed by atoms with van der Waals surface area (Å²) in [5, 5.41) is 8.69. The highest BCUT2D eigenvalue weighted by atomic mass is 35.5. The fraction of sp³-hybridized carbons (Fsp3) is 0.286. The van der Waals surface area contributed by atoms with E-state index in [1.165, 1.54) is 0 Å². The van der Waals surface area contributed by atoms with Gasteiger partial charge >= 0.3 is 0 Å². The molecule has 0 spiro atoms. The third-order valence-electron chi connectivity index (χ3n) is 4.23. The van der Waals surface area contributed by atoms with E-state index in [4.69, 9.17) is 11.6 Å². The summed E-state index contributed by atoms with van der Waals surface area (Å²) in [6.45, 7) is 3.97. The molecule has 7 heteroatoms.